The fourth-order valence-electron chi connectivity index (χ4n) is 5.71. The molecule has 2 heterocycles. The Morgan fingerprint density at radius 3 is 2.56 bits per heavy atom. The summed E-state index contributed by atoms with van der Waals surface area (Å²) in [7, 11) is 3.22. The van der Waals surface area contributed by atoms with E-state index in [4.69, 9.17) is 9.47 Å². The SMILES string of the molecule is CCCCCC(=O)N1c2ccccc2NC2=C(C(=O)C[C@@H](c3ccc(OC)c(OC)c3)C2)[C@H]1c1cccnc1. The van der Waals surface area contributed by atoms with E-state index in [0.29, 0.717) is 36.3 Å². The third kappa shape index (κ3) is 5.26. The molecule has 0 unspecified atom stereocenters. The summed E-state index contributed by atoms with van der Waals surface area (Å²) >= 11 is 0. The largest absolute Gasteiger partial charge is 0.493 e. The summed E-state index contributed by atoms with van der Waals surface area (Å²) in [5.74, 6) is 1.28. The first-order valence-corrected chi connectivity index (χ1v) is 13.6. The number of aromatic nitrogens is 1. The van der Waals surface area contributed by atoms with E-state index in [0.717, 1.165) is 47.5 Å². The fraction of sp³-hybridized carbons (Fsp3) is 0.344. The lowest BCUT2D eigenvalue weighted by atomic mass is 9.78. The minimum absolute atomic E-state index is 0.00937. The van der Waals surface area contributed by atoms with Gasteiger partial charge >= 0.3 is 0 Å². The number of allylic oxidation sites excluding steroid dienone is 1. The van der Waals surface area contributed by atoms with Crippen LogP contribution in [0.15, 0.2) is 78.3 Å². The van der Waals surface area contributed by atoms with E-state index in [1.54, 1.807) is 26.6 Å². The molecule has 0 fully saturated rings. The molecule has 1 amide bonds. The van der Waals surface area contributed by atoms with E-state index in [1.807, 2.05) is 59.5 Å². The number of benzene rings is 2. The van der Waals surface area contributed by atoms with Crippen LogP contribution in [0.2, 0.25) is 0 Å². The van der Waals surface area contributed by atoms with E-state index in [2.05, 4.69) is 17.2 Å². The predicted molar refractivity (Wildman–Crippen MR) is 152 cm³/mol. The Labute approximate surface area is 229 Å². The standard InChI is InChI=1S/C32H35N3O4/c1-4-5-6-13-30(37)35-26-12-8-7-11-24(26)34-25-17-23(21-14-15-28(38-2)29(19-21)39-3)18-27(36)31(25)32(35)22-10-9-16-33-20-22/h7-12,14-16,19-20,23,32,34H,4-6,13,17-18H2,1-3H3/t23-,32+/m0/s1. The van der Waals surface area contributed by atoms with Crippen LogP contribution in [-0.4, -0.2) is 30.9 Å². The van der Waals surface area contributed by atoms with Gasteiger partial charge in [-0.2, -0.15) is 0 Å². The molecule has 0 radical (unpaired) electrons. The number of amides is 1. The Kier molecular flexibility index (Phi) is 7.96. The van der Waals surface area contributed by atoms with Crippen molar-refractivity contribution in [3.63, 3.8) is 0 Å². The van der Waals surface area contributed by atoms with Gasteiger partial charge in [0.25, 0.3) is 0 Å². The number of rotatable bonds is 8. The van der Waals surface area contributed by atoms with Gasteiger partial charge in [0, 0.05) is 36.5 Å². The maximum Gasteiger partial charge on any atom is 0.227 e. The van der Waals surface area contributed by atoms with Gasteiger partial charge in [-0.05, 0) is 60.2 Å². The molecule has 0 bridgehead atoms. The topological polar surface area (TPSA) is 80.8 Å². The quantitative estimate of drug-likeness (QED) is 0.335. The second kappa shape index (κ2) is 11.7. The van der Waals surface area contributed by atoms with Crippen LogP contribution in [-0.2, 0) is 9.59 Å². The number of nitrogens with zero attached hydrogens (tertiary/aromatic N) is 2. The zero-order chi connectivity index (χ0) is 27.4. The molecule has 7 nitrogen and oxygen atoms in total. The van der Waals surface area contributed by atoms with Crippen LogP contribution in [0.25, 0.3) is 0 Å². The number of ketones is 1. The normalized spacial score (nSPS) is 18.5. The maximum atomic E-state index is 14.1. The summed E-state index contributed by atoms with van der Waals surface area (Å²) < 4.78 is 11.0. The van der Waals surface area contributed by atoms with Gasteiger partial charge in [0.15, 0.2) is 17.3 Å². The number of nitrogens with one attached hydrogen (secondary N) is 1. The number of unbranched alkanes of at least 4 members (excludes halogenated alkanes) is 2. The molecule has 0 saturated heterocycles. The number of methoxy groups -OCH3 is 2. The van der Waals surface area contributed by atoms with Crippen molar-refractivity contribution in [2.24, 2.45) is 0 Å². The van der Waals surface area contributed by atoms with Crippen molar-refractivity contribution in [1.29, 1.82) is 0 Å². The van der Waals surface area contributed by atoms with Crippen molar-refractivity contribution in [1.82, 2.24) is 4.98 Å². The summed E-state index contributed by atoms with van der Waals surface area (Å²) in [5, 5.41) is 3.58. The zero-order valence-electron chi connectivity index (χ0n) is 22.8. The number of anilines is 2. The Morgan fingerprint density at radius 1 is 1.00 bits per heavy atom. The van der Waals surface area contributed by atoms with Gasteiger partial charge in [0.1, 0.15) is 0 Å². The summed E-state index contributed by atoms with van der Waals surface area (Å²) in [6, 6.07) is 16.9. The number of Topliss-reactive ketones (excluding diaryl/α,β-unsaturated/α-hetero) is 1. The van der Waals surface area contributed by atoms with Gasteiger partial charge in [-0.1, -0.05) is 44.0 Å². The maximum absolute atomic E-state index is 14.1. The highest BCUT2D eigenvalue weighted by Crippen LogP contribution is 2.48. The number of ether oxygens (including phenoxy) is 2. The molecule has 5 rings (SSSR count). The van der Waals surface area contributed by atoms with Crippen LogP contribution >= 0.6 is 0 Å². The van der Waals surface area contributed by atoms with E-state index < -0.39 is 6.04 Å². The zero-order valence-corrected chi connectivity index (χ0v) is 22.8. The van der Waals surface area contributed by atoms with Gasteiger partial charge in [0.2, 0.25) is 5.91 Å². The summed E-state index contributed by atoms with van der Waals surface area (Å²) in [5.41, 5.74) is 4.91. The Morgan fingerprint density at radius 2 is 1.82 bits per heavy atom. The smallest absolute Gasteiger partial charge is 0.227 e. The molecule has 1 aromatic heterocycles. The molecule has 1 N–H and O–H groups in total. The molecule has 0 saturated carbocycles. The minimum atomic E-state index is -0.558. The number of pyridine rings is 1. The summed E-state index contributed by atoms with van der Waals surface area (Å²) in [4.78, 5) is 34.2. The van der Waals surface area contributed by atoms with Crippen molar-refractivity contribution in [2.75, 3.05) is 24.4 Å². The monoisotopic (exact) mass is 525 g/mol. The summed E-state index contributed by atoms with van der Waals surface area (Å²) in [6.45, 7) is 2.13. The molecular weight excluding hydrogens is 490 g/mol. The van der Waals surface area contributed by atoms with Crippen molar-refractivity contribution >= 4 is 23.1 Å². The second-order valence-corrected chi connectivity index (χ2v) is 10.1. The van der Waals surface area contributed by atoms with Crippen LogP contribution in [0.3, 0.4) is 0 Å². The first-order valence-electron chi connectivity index (χ1n) is 13.6. The van der Waals surface area contributed by atoms with Gasteiger partial charge in [0.05, 0.1) is 31.6 Å². The second-order valence-electron chi connectivity index (χ2n) is 10.1. The molecule has 2 atom stereocenters. The molecule has 1 aliphatic carbocycles. The lowest BCUT2D eigenvalue weighted by Gasteiger charge is -2.35. The van der Waals surface area contributed by atoms with Crippen LogP contribution in [0, 0.1) is 0 Å². The third-order valence-corrected chi connectivity index (χ3v) is 7.63. The lowest BCUT2D eigenvalue weighted by Crippen LogP contribution is -2.38. The lowest BCUT2D eigenvalue weighted by molar-refractivity contribution is -0.119. The highest BCUT2D eigenvalue weighted by Gasteiger charge is 2.41. The molecule has 3 aromatic rings. The average Bonchev–Trinajstić information content (AvgIpc) is 3.12. The van der Waals surface area contributed by atoms with E-state index >= 15 is 0 Å². The molecule has 1 aliphatic heterocycles. The fourth-order valence-corrected chi connectivity index (χ4v) is 5.71. The molecule has 202 valence electrons. The van der Waals surface area contributed by atoms with E-state index in [9.17, 15) is 9.59 Å². The van der Waals surface area contributed by atoms with Gasteiger partial charge in [-0.3, -0.25) is 19.5 Å². The van der Waals surface area contributed by atoms with Crippen molar-refractivity contribution in [3.8, 4) is 11.5 Å². The molecule has 2 aromatic carbocycles. The predicted octanol–water partition coefficient (Wildman–Crippen LogP) is 6.58. The number of fused-ring (bicyclic) bond motifs is 1. The Bertz CT molecular complexity index is 1390. The first-order chi connectivity index (χ1) is 19.0. The molecule has 39 heavy (non-hydrogen) atoms. The molecule has 0 spiro atoms. The number of carbonyl (C=O) groups is 2. The van der Waals surface area contributed by atoms with E-state index in [1.165, 1.54) is 0 Å². The average molecular weight is 526 g/mol. The van der Waals surface area contributed by atoms with Crippen LogP contribution in [0.1, 0.15) is 68.5 Å². The van der Waals surface area contributed by atoms with Gasteiger partial charge < -0.3 is 14.8 Å². The van der Waals surface area contributed by atoms with Crippen LogP contribution in [0.5, 0.6) is 11.5 Å². The molecule has 2 aliphatic rings. The minimum Gasteiger partial charge on any atom is -0.493 e. The first kappa shape index (κ1) is 26.5. The highest BCUT2D eigenvalue weighted by molar-refractivity contribution is 6.06. The van der Waals surface area contributed by atoms with Crippen molar-refractivity contribution in [3.05, 3.63) is 89.4 Å². The number of hydrogen-bond acceptors (Lipinski definition) is 6. The van der Waals surface area contributed by atoms with Crippen LogP contribution in [0.4, 0.5) is 11.4 Å². The number of para-hydroxylation sites is 2. The van der Waals surface area contributed by atoms with Crippen LogP contribution < -0.4 is 19.7 Å². The molecular formula is C32H35N3O4. The number of hydrogen-bond donors (Lipinski definition) is 1. The molecule has 7 heteroatoms. The Balaban J connectivity index is 1.62. The van der Waals surface area contributed by atoms with Gasteiger partial charge in [-0.25, -0.2) is 0 Å². The highest BCUT2D eigenvalue weighted by atomic mass is 16.5. The number of carbonyl (C=O) groups excluding carboxylic acids is 2. The third-order valence-electron chi connectivity index (χ3n) is 7.63. The van der Waals surface area contributed by atoms with E-state index in [-0.39, 0.29) is 17.6 Å². The Hall–Kier alpha value is -4.13. The van der Waals surface area contributed by atoms with Crippen molar-refractivity contribution in [2.45, 2.75) is 57.4 Å². The van der Waals surface area contributed by atoms with Gasteiger partial charge in [-0.15, -0.1) is 0 Å². The summed E-state index contributed by atoms with van der Waals surface area (Å²) in [6.07, 6.45) is 7.68. The van der Waals surface area contributed by atoms with Crippen molar-refractivity contribution < 1.29 is 19.1 Å².